The fourth-order valence-corrected chi connectivity index (χ4v) is 6.14. The van der Waals surface area contributed by atoms with E-state index in [-0.39, 0.29) is 28.7 Å². The standard InChI is InChI=1S/C26H34F2N4O3/c1-3-32-20(5-4-6-23(32)33)24(34)29-19-9-7-17(8-10-19)11-12-31-15-18-14-26(18,16-31)21-13-22(35-30-21)25(2,27)28/h4-6,13,17-19H,3,7-12,14-16H2,1-2H3,(H,29,34)/t17-,18-,19-,26-/m0/s1. The van der Waals surface area contributed by atoms with E-state index in [0.29, 0.717) is 29.8 Å². The summed E-state index contributed by atoms with van der Waals surface area (Å²) >= 11 is 0. The molecule has 1 amide bonds. The van der Waals surface area contributed by atoms with E-state index in [4.69, 9.17) is 4.52 Å². The molecule has 7 nitrogen and oxygen atoms in total. The van der Waals surface area contributed by atoms with Gasteiger partial charge in [-0.15, -0.1) is 0 Å². The third-order valence-electron chi connectivity index (χ3n) is 8.30. The number of fused-ring (bicyclic) bond motifs is 1. The number of aromatic nitrogens is 2. The van der Waals surface area contributed by atoms with Gasteiger partial charge >= 0.3 is 5.92 Å². The van der Waals surface area contributed by atoms with Gasteiger partial charge in [0.15, 0.2) is 0 Å². The molecule has 190 valence electrons. The molecule has 35 heavy (non-hydrogen) atoms. The molecule has 3 heterocycles. The molecule has 2 aromatic heterocycles. The van der Waals surface area contributed by atoms with Crippen molar-refractivity contribution in [2.24, 2.45) is 11.8 Å². The average Bonchev–Trinajstić information content (AvgIpc) is 3.16. The topological polar surface area (TPSA) is 80.4 Å². The van der Waals surface area contributed by atoms with Gasteiger partial charge in [0.1, 0.15) is 5.69 Å². The number of hydrogen-bond acceptors (Lipinski definition) is 5. The highest BCUT2D eigenvalue weighted by atomic mass is 19.3. The Bertz CT molecular complexity index is 1130. The lowest BCUT2D eigenvalue weighted by molar-refractivity contribution is -0.0105. The summed E-state index contributed by atoms with van der Waals surface area (Å²) in [6, 6.07) is 6.40. The van der Waals surface area contributed by atoms with Gasteiger partial charge < -0.3 is 19.3 Å². The van der Waals surface area contributed by atoms with Crippen LogP contribution in [0.15, 0.2) is 33.6 Å². The average molecular weight is 489 g/mol. The molecule has 9 heteroatoms. The van der Waals surface area contributed by atoms with E-state index in [0.717, 1.165) is 65.1 Å². The van der Waals surface area contributed by atoms with Crippen LogP contribution in [0.3, 0.4) is 0 Å². The number of nitrogens with one attached hydrogen (secondary N) is 1. The molecule has 2 aliphatic carbocycles. The van der Waals surface area contributed by atoms with Crippen LogP contribution in [0, 0.1) is 11.8 Å². The van der Waals surface area contributed by atoms with Gasteiger partial charge in [-0.2, -0.15) is 8.78 Å². The molecular formula is C26H34F2N4O3. The van der Waals surface area contributed by atoms with Crippen LogP contribution in [0.2, 0.25) is 0 Å². The summed E-state index contributed by atoms with van der Waals surface area (Å²) in [5.74, 6) is -2.42. The normalized spacial score (nSPS) is 28.6. The lowest BCUT2D eigenvalue weighted by Gasteiger charge is -2.30. The Hall–Kier alpha value is -2.55. The number of carbonyl (C=O) groups excluding carboxylic acids is 1. The second-order valence-electron chi connectivity index (χ2n) is 10.7. The Morgan fingerprint density at radius 3 is 2.74 bits per heavy atom. The Morgan fingerprint density at radius 2 is 2.06 bits per heavy atom. The van der Waals surface area contributed by atoms with Gasteiger partial charge in [-0.25, -0.2) is 0 Å². The van der Waals surface area contributed by atoms with Crippen LogP contribution in [0.1, 0.15) is 74.3 Å². The molecule has 1 aliphatic heterocycles. The number of hydrogen-bond donors (Lipinski definition) is 1. The first-order chi connectivity index (χ1) is 16.7. The Morgan fingerprint density at radius 1 is 1.29 bits per heavy atom. The SMILES string of the molecule is CCn1c(C(=O)N[C@H]2CC[C@H](CCN3C[C@@H]4C[C@]4(c4cc(C(C)(F)F)on4)C3)CC2)cccc1=O. The van der Waals surface area contributed by atoms with Gasteiger partial charge in [-0.1, -0.05) is 11.2 Å². The number of halogens is 2. The van der Waals surface area contributed by atoms with Crippen LogP contribution in [-0.2, 0) is 17.9 Å². The van der Waals surface area contributed by atoms with Crippen LogP contribution in [0.5, 0.6) is 0 Å². The molecule has 1 saturated heterocycles. The highest BCUT2D eigenvalue weighted by Crippen LogP contribution is 2.59. The van der Waals surface area contributed by atoms with Crippen molar-refractivity contribution in [3.63, 3.8) is 0 Å². The number of alkyl halides is 2. The molecule has 3 aliphatic rings. The van der Waals surface area contributed by atoms with Crippen molar-refractivity contribution in [1.82, 2.24) is 19.9 Å². The molecule has 0 bridgehead atoms. The number of rotatable bonds is 8. The van der Waals surface area contributed by atoms with E-state index >= 15 is 0 Å². The largest absolute Gasteiger partial charge is 0.355 e. The Kier molecular flexibility index (Phi) is 6.32. The van der Waals surface area contributed by atoms with E-state index in [2.05, 4.69) is 15.4 Å². The maximum Gasteiger partial charge on any atom is 0.304 e. The molecule has 2 aromatic rings. The summed E-state index contributed by atoms with van der Waals surface area (Å²) < 4.78 is 33.5. The van der Waals surface area contributed by atoms with Crippen LogP contribution in [0.4, 0.5) is 8.78 Å². The third-order valence-corrected chi connectivity index (χ3v) is 8.30. The molecule has 2 atom stereocenters. The van der Waals surface area contributed by atoms with Crippen molar-refractivity contribution < 1.29 is 18.1 Å². The van der Waals surface area contributed by atoms with E-state index < -0.39 is 5.92 Å². The lowest BCUT2D eigenvalue weighted by Crippen LogP contribution is -2.40. The predicted molar refractivity (Wildman–Crippen MR) is 127 cm³/mol. The predicted octanol–water partition coefficient (Wildman–Crippen LogP) is 3.92. The zero-order valence-electron chi connectivity index (χ0n) is 20.4. The van der Waals surface area contributed by atoms with Gasteiger partial charge in [-0.05, 0) is 69.9 Å². The summed E-state index contributed by atoms with van der Waals surface area (Å²) in [5, 5.41) is 7.12. The van der Waals surface area contributed by atoms with Gasteiger partial charge in [0.25, 0.3) is 11.5 Å². The Labute approximate surface area is 203 Å². The number of likely N-dealkylation sites (tertiary alicyclic amines) is 1. The van der Waals surface area contributed by atoms with E-state index in [9.17, 15) is 18.4 Å². The molecule has 2 saturated carbocycles. The maximum absolute atomic E-state index is 13.5. The Balaban J connectivity index is 1.07. The highest BCUT2D eigenvalue weighted by Gasteiger charge is 2.62. The molecule has 1 N–H and O–H groups in total. The van der Waals surface area contributed by atoms with Gasteiger partial charge in [0.05, 0.1) is 5.69 Å². The van der Waals surface area contributed by atoms with Gasteiger partial charge in [0, 0.05) is 50.1 Å². The van der Waals surface area contributed by atoms with Crippen molar-refractivity contribution in [2.45, 2.75) is 76.3 Å². The fraction of sp³-hybridized carbons (Fsp3) is 0.654. The van der Waals surface area contributed by atoms with Crippen LogP contribution in [-0.4, -0.2) is 46.2 Å². The third kappa shape index (κ3) is 4.79. The number of piperidine rings is 1. The zero-order valence-corrected chi connectivity index (χ0v) is 20.4. The zero-order chi connectivity index (χ0) is 24.8. The van der Waals surface area contributed by atoms with Crippen molar-refractivity contribution in [3.05, 3.63) is 51.8 Å². The van der Waals surface area contributed by atoms with E-state index in [1.54, 1.807) is 12.1 Å². The first-order valence-electron chi connectivity index (χ1n) is 12.8. The number of nitrogens with zero attached hydrogens (tertiary/aromatic N) is 3. The molecule has 0 spiro atoms. The smallest absolute Gasteiger partial charge is 0.304 e. The first kappa shape index (κ1) is 24.2. The van der Waals surface area contributed by atoms with E-state index in [1.165, 1.54) is 16.7 Å². The van der Waals surface area contributed by atoms with Crippen LogP contribution in [0.25, 0.3) is 0 Å². The summed E-state index contributed by atoms with van der Waals surface area (Å²) in [6.07, 6.45) is 6.14. The van der Waals surface area contributed by atoms with Crippen LogP contribution >= 0.6 is 0 Å². The fourth-order valence-electron chi connectivity index (χ4n) is 6.14. The monoisotopic (exact) mass is 488 g/mol. The maximum atomic E-state index is 13.5. The quantitative estimate of drug-likeness (QED) is 0.609. The van der Waals surface area contributed by atoms with Gasteiger partial charge in [0.2, 0.25) is 5.76 Å². The van der Waals surface area contributed by atoms with E-state index in [1.807, 2.05) is 6.92 Å². The van der Waals surface area contributed by atoms with Crippen molar-refractivity contribution in [3.8, 4) is 0 Å². The van der Waals surface area contributed by atoms with Crippen molar-refractivity contribution >= 4 is 5.91 Å². The molecular weight excluding hydrogens is 454 g/mol. The highest BCUT2D eigenvalue weighted by molar-refractivity contribution is 5.92. The minimum Gasteiger partial charge on any atom is -0.355 e. The molecule has 3 fully saturated rings. The molecule has 0 radical (unpaired) electrons. The number of amides is 1. The summed E-state index contributed by atoms with van der Waals surface area (Å²) in [7, 11) is 0. The summed E-state index contributed by atoms with van der Waals surface area (Å²) in [6.45, 7) is 6.03. The molecule has 5 rings (SSSR count). The minimum absolute atomic E-state index is 0.105. The second kappa shape index (κ2) is 9.15. The summed E-state index contributed by atoms with van der Waals surface area (Å²) in [4.78, 5) is 27.2. The minimum atomic E-state index is -3.00. The van der Waals surface area contributed by atoms with Crippen molar-refractivity contribution in [1.29, 1.82) is 0 Å². The summed E-state index contributed by atoms with van der Waals surface area (Å²) in [5.41, 5.74) is 0.846. The van der Waals surface area contributed by atoms with Crippen LogP contribution < -0.4 is 10.9 Å². The molecule has 0 aromatic carbocycles. The second-order valence-corrected chi connectivity index (χ2v) is 10.7. The lowest BCUT2D eigenvalue weighted by atomic mass is 9.84. The molecule has 0 unspecified atom stereocenters. The first-order valence-corrected chi connectivity index (χ1v) is 12.8. The van der Waals surface area contributed by atoms with Crippen molar-refractivity contribution in [2.75, 3.05) is 19.6 Å². The number of pyridine rings is 1. The van der Waals surface area contributed by atoms with Gasteiger partial charge in [-0.3, -0.25) is 9.59 Å². The number of carbonyl (C=O) groups is 1.